The smallest absolute Gasteiger partial charge is 0.335 e. The van der Waals surface area contributed by atoms with E-state index in [2.05, 4.69) is 14.9 Å². The molecule has 19 heavy (non-hydrogen) atoms. The number of aromatic nitrogens is 2. The molecule has 1 saturated heterocycles. The maximum absolute atomic E-state index is 10.9. The van der Waals surface area contributed by atoms with Gasteiger partial charge < -0.3 is 14.7 Å². The van der Waals surface area contributed by atoms with Gasteiger partial charge in [-0.2, -0.15) is 0 Å². The first kappa shape index (κ1) is 11.9. The number of carboxylic acid groups (broad SMARTS) is 1. The lowest BCUT2D eigenvalue weighted by atomic mass is 10.1. The molecule has 2 heterocycles. The van der Waals surface area contributed by atoms with Gasteiger partial charge in [0.05, 0.1) is 24.3 Å². The lowest BCUT2D eigenvalue weighted by molar-refractivity contribution is 0.0697. The largest absolute Gasteiger partial charge is 0.478 e. The first-order valence-electron chi connectivity index (χ1n) is 6.07. The minimum absolute atomic E-state index is 0.246. The molecule has 98 valence electrons. The number of anilines is 1. The van der Waals surface area contributed by atoms with E-state index in [1.165, 1.54) is 0 Å². The quantitative estimate of drug-likeness (QED) is 0.872. The molecule has 0 aliphatic carbocycles. The van der Waals surface area contributed by atoms with E-state index in [0.717, 1.165) is 24.0 Å². The van der Waals surface area contributed by atoms with Crippen molar-refractivity contribution in [2.45, 2.75) is 0 Å². The van der Waals surface area contributed by atoms with Gasteiger partial charge >= 0.3 is 5.97 Å². The molecule has 0 radical (unpaired) electrons. The third kappa shape index (κ3) is 2.34. The number of benzene rings is 1. The zero-order valence-electron chi connectivity index (χ0n) is 10.2. The van der Waals surface area contributed by atoms with Gasteiger partial charge in [0.2, 0.25) is 5.95 Å². The number of ether oxygens (including phenoxy) is 1. The molecule has 1 aromatic carbocycles. The van der Waals surface area contributed by atoms with Crippen molar-refractivity contribution in [3.05, 3.63) is 30.0 Å². The van der Waals surface area contributed by atoms with Crippen LogP contribution in [0.3, 0.4) is 0 Å². The average molecular weight is 259 g/mol. The van der Waals surface area contributed by atoms with Crippen molar-refractivity contribution in [1.29, 1.82) is 0 Å². The molecule has 1 aromatic heterocycles. The van der Waals surface area contributed by atoms with E-state index in [1.807, 2.05) is 0 Å². The van der Waals surface area contributed by atoms with Crippen molar-refractivity contribution in [1.82, 2.24) is 9.97 Å². The summed E-state index contributed by atoms with van der Waals surface area (Å²) in [5.74, 6) is -0.280. The molecule has 1 N–H and O–H groups in total. The maximum Gasteiger partial charge on any atom is 0.335 e. The van der Waals surface area contributed by atoms with Gasteiger partial charge in [-0.1, -0.05) is 0 Å². The highest BCUT2D eigenvalue weighted by Gasteiger charge is 2.14. The molecule has 1 aliphatic heterocycles. The van der Waals surface area contributed by atoms with Crippen molar-refractivity contribution < 1.29 is 14.6 Å². The molecule has 0 unspecified atom stereocenters. The first-order valence-corrected chi connectivity index (χ1v) is 6.07. The summed E-state index contributed by atoms with van der Waals surface area (Å²) < 4.78 is 5.29. The molecule has 0 atom stereocenters. The van der Waals surface area contributed by atoms with Crippen molar-refractivity contribution in [2.75, 3.05) is 31.2 Å². The third-order valence-electron chi connectivity index (χ3n) is 3.11. The number of fused-ring (bicyclic) bond motifs is 1. The summed E-state index contributed by atoms with van der Waals surface area (Å²) >= 11 is 0. The van der Waals surface area contributed by atoms with E-state index in [4.69, 9.17) is 9.84 Å². The minimum atomic E-state index is -0.945. The van der Waals surface area contributed by atoms with Gasteiger partial charge in [0.15, 0.2) is 0 Å². The van der Waals surface area contributed by atoms with Crippen molar-refractivity contribution in [3.8, 4) is 0 Å². The van der Waals surface area contributed by atoms with Crippen molar-refractivity contribution >= 4 is 22.8 Å². The van der Waals surface area contributed by atoms with E-state index in [0.29, 0.717) is 19.2 Å². The lowest BCUT2D eigenvalue weighted by Crippen LogP contribution is -2.37. The van der Waals surface area contributed by atoms with Gasteiger partial charge in [0, 0.05) is 24.7 Å². The molecule has 0 spiro atoms. The molecule has 6 heteroatoms. The van der Waals surface area contributed by atoms with Crippen LogP contribution in [-0.4, -0.2) is 47.3 Å². The van der Waals surface area contributed by atoms with Gasteiger partial charge in [-0.05, 0) is 18.2 Å². The predicted molar refractivity (Wildman–Crippen MR) is 69.5 cm³/mol. The standard InChI is InChI=1S/C13H13N3O3/c17-12(18)9-1-2-11-10(7-9)8-14-13(15-11)16-3-5-19-6-4-16/h1-2,7-8H,3-6H2,(H,17,18). The number of nitrogens with zero attached hydrogens (tertiary/aromatic N) is 3. The van der Waals surface area contributed by atoms with Crippen molar-refractivity contribution in [3.63, 3.8) is 0 Å². The number of carbonyl (C=O) groups is 1. The second-order valence-electron chi connectivity index (χ2n) is 4.35. The topological polar surface area (TPSA) is 75.5 Å². The highest BCUT2D eigenvalue weighted by Crippen LogP contribution is 2.17. The summed E-state index contributed by atoms with van der Waals surface area (Å²) in [7, 11) is 0. The molecule has 1 aliphatic rings. The Morgan fingerprint density at radius 2 is 2.11 bits per heavy atom. The SMILES string of the molecule is O=C(O)c1ccc2nc(N3CCOCC3)ncc2c1. The Morgan fingerprint density at radius 3 is 2.84 bits per heavy atom. The molecule has 6 nitrogen and oxygen atoms in total. The molecule has 0 saturated carbocycles. The Morgan fingerprint density at radius 1 is 1.32 bits per heavy atom. The molecule has 1 fully saturated rings. The summed E-state index contributed by atoms with van der Waals surface area (Å²) in [5, 5.41) is 9.67. The van der Waals surface area contributed by atoms with Crippen molar-refractivity contribution in [2.24, 2.45) is 0 Å². The van der Waals surface area contributed by atoms with Crippen LogP contribution < -0.4 is 4.90 Å². The fourth-order valence-corrected chi connectivity index (χ4v) is 2.07. The van der Waals surface area contributed by atoms with Crippen LogP contribution in [0.25, 0.3) is 10.9 Å². The fourth-order valence-electron chi connectivity index (χ4n) is 2.07. The van der Waals surface area contributed by atoms with Crippen LogP contribution in [0.15, 0.2) is 24.4 Å². The van der Waals surface area contributed by atoms with E-state index in [1.54, 1.807) is 24.4 Å². The maximum atomic E-state index is 10.9. The van der Waals surface area contributed by atoms with Gasteiger partial charge in [-0.25, -0.2) is 14.8 Å². The Balaban J connectivity index is 1.97. The number of hydrogen-bond donors (Lipinski definition) is 1. The zero-order chi connectivity index (χ0) is 13.2. The second-order valence-corrected chi connectivity index (χ2v) is 4.35. The highest BCUT2D eigenvalue weighted by atomic mass is 16.5. The summed E-state index contributed by atoms with van der Waals surface area (Å²) in [6.07, 6.45) is 1.67. The lowest BCUT2D eigenvalue weighted by Gasteiger charge is -2.26. The molecule has 2 aromatic rings. The zero-order valence-corrected chi connectivity index (χ0v) is 10.2. The Labute approximate surface area is 109 Å². The average Bonchev–Trinajstić information content (AvgIpc) is 2.47. The van der Waals surface area contributed by atoms with E-state index >= 15 is 0 Å². The predicted octanol–water partition coefficient (Wildman–Crippen LogP) is 1.16. The highest BCUT2D eigenvalue weighted by molar-refractivity contribution is 5.93. The number of aromatic carboxylic acids is 1. The van der Waals surface area contributed by atoms with Gasteiger partial charge in [0.1, 0.15) is 0 Å². The number of hydrogen-bond acceptors (Lipinski definition) is 5. The van der Waals surface area contributed by atoms with E-state index in [-0.39, 0.29) is 5.56 Å². The molecule has 3 rings (SSSR count). The van der Waals surface area contributed by atoms with Crippen LogP contribution in [-0.2, 0) is 4.74 Å². The van der Waals surface area contributed by atoms with Crippen LogP contribution in [0.5, 0.6) is 0 Å². The second kappa shape index (κ2) is 4.81. The summed E-state index contributed by atoms with van der Waals surface area (Å²) in [5.41, 5.74) is 0.997. The first-order chi connectivity index (χ1) is 9.24. The monoisotopic (exact) mass is 259 g/mol. The Kier molecular flexibility index (Phi) is 3.00. The van der Waals surface area contributed by atoms with Gasteiger partial charge in [0.25, 0.3) is 0 Å². The van der Waals surface area contributed by atoms with E-state index in [9.17, 15) is 4.79 Å². The molecular formula is C13H13N3O3. The Hall–Kier alpha value is -2.21. The van der Waals surface area contributed by atoms with Gasteiger partial charge in [-0.15, -0.1) is 0 Å². The molecular weight excluding hydrogens is 246 g/mol. The van der Waals surface area contributed by atoms with Crippen LogP contribution in [0, 0.1) is 0 Å². The van der Waals surface area contributed by atoms with Crippen LogP contribution in [0.2, 0.25) is 0 Å². The number of morpholine rings is 1. The van der Waals surface area contributed by atoms with Crippen LogP contribution >= 0.6 is 0 Å². The van der Waals surface area contributed by atoms with Gasteiger partial charge in [-0.3, -0.25) is 0 Å². The third-order valence-corrected chi connectivity index (χ3v) is 3.11. The number of carboxylic acids is 1. The summed E-state index contributed by atoms with van der Waals surface area (Å²) in [6, 6.07) is 4.85. The Bertz CT molecular complexity index is 624. The van der Waals surface area contributed by atoms with E-state index < -0.39 is 5.97 Å². The fraction of sp³-hybridized carbons (Fsp3) is 0.308. The number of rotatable bonds is 2. The normalized spacial score (nSPS) is 15.7. The summed E-state index contributed by atoms with van der Waals surface area (Å²) in [4.78, 5) is 21.7. The summed E-state index contributed by atoms with van der Waals surface area (Å²) in [6.45, 7) is 2.91. The van der Waals surface area contributed by atoms with Crippen LogP contribution in [0.4, 0.5) is 5.95 Å². The molecule has 0 amide bonds. The minimum Gasteiger partial charge on any atom is -0.478 e. The molecule has 0 bridgehead atoms. The van der Waals surface area contributed by atoms with Crippen LogP contribution in [0.1, 0.15) is 10.4 Å².